The third-order valence-corrected chi connectivity index (χ3v) is 8.93. The van der Waals surface area contributed by atoms with E-state index in [9.17, 15) is 19.5 Å². The molecule has 8 nitrogen and oxygen atoms in total. The molecule has 1 unspecified atom stereocenters. The van der Waals surface area contributed by atoms with Gasteiger partial charge in [-0.15, -0.1) is 11.8 Å². The Morgan fingerprint density at radius 1 is 1.09 bits per heavy atom. The molecule has 2 saturated carbocycles. The molecule has 1 aliphatic heterocycles. The van der Waals surface area contributed by atoms with Crippen LogP contribution in [0, 0.1) is 11.3 Å². The van der Waals surface area contributed by atoms with Crippen LogP contribution in [0.5, 0.6) is 11.5 Å². The quantitative estimate of drug-likeness (QED) is 0.438. The summed E-state index contributed by atoms with van der Waals surface area (Å²) in [6, 6.07) is 15.0. The van der Waals surface area contributed by atoms with Crippen molar-refractivity contribution in [2.45, 2.75) is 28.9 Å². The maximum atomic E-state index is 13.9. The molecule has 2 aromatic carbocycles. The minimum absolute atomic E-state index is 0.134. The molecule has 4 atom stereocenters. The van der Waals surface area contributed by atoms with Crippen molar-refractivity contribution in [1.29, 1.82) is 0 Å². The molecule has 2 aliphatic carbocycles. The molecule has 5 rings (SSSR count). The highest BCUT2D eigenvalue weighted by Crippen LogP contribution is 2.75. The molecule has 9 heteroatoms. The summed E-state index contributed by atoms with van der Waals surface area (Å²) in [6.07, 6.45) is -0.127. The van der Waals surface area contributed by atoms with Crippen LogP contribution >= 0.6 is 11.8 Å². The van der Waals surface area contributed by atoms with E-state index in [-0.39, 0.29) is 25.2 Å². The lowest BCUT2D eigenvalue weighted by molar-refractivity contribution is -0.170. The van der Waals surface area contributed by atoms with Crippen molar-refractivity contribution in [1.82, 2.24) is 4.90 Å². The Kier molecular flexibility index (Phi) is 5.60. The zero-order chi connectivity index (χ0) is 25.0. The molecule has 3 aliphatic rings. The Hall–Kier alpha value is -3.04. The molecule has 4 bridgehead atoms. The highest BCUT2D eigenvalue weighted by atomic mass is 32.2. The predicted molar refractivity (Wildman–Crippen MR) is 127 cm³/mol. The van der Waals surface area contributed by atoms with E-state index in [4.69, 9.17) is 14.2 Å². The first-order chi connectivity index (χ1) is 16.8. The van der Waals surface area contributed by atoms with Gasteiger partial charge in [-0.25, -0.2) is 0 Å². The third-order valence-electron chi connectivity index (χ3n) is 7.94. The van der Waals surface area contributed by atoms with Gasteiger partial charge >= 0.3 is 5.97 Å². The Morgan fingerprint density at radius 3 is 2.46 bits per heavy atom. The Labute approximate surface area is 207 Å². The van der Waals surface area contributed by atoms with Gasteiger partial charge in [0.05, 0.1) is 32.8 Å². The smallest absolute Gasteiger partial charge is 0.318 e. The molecule has 3 fully saturated rings. The predicted octanol–water partition coefficient (Wildman–Crippen LogP) is 2.42. The van der Waals surface area contributed by atoms with E-state index < -0.39 is 34.3 Å². The van der Waals surface area contributed by atoms with E-state index in [2.05, 4.69) is 0 Å². The van der Waals surface area contributed by atoms with Gasteiger partial charge in [0, 0.05) is 23.6 Å². The number of aliphatic hydroxyl groups is 1. The first-order valence-corrected chi connectivity index (χ1v) is 12.4. The number of thioether (sulfide) groups is 1. The molecular weight excluding hydrogens is 470 g/mol. The highest BCUT2D eigenvalue weighted by Gasteiger charge is 2.91. The maximum Gasteiger partial charge on any atom is 0.318 e. The van der Waals surface area contributed by atoms with E-state index >= 15 is 0 Å². The number of benzene rings is 2. The largest absolute Gasteiger partial charge is 0.493 e. The molecule has 0 aromatic heterocycles. The molecule has 1 N–H and O–H groups in total. The number of Topliss-reactive ketones (excluding diaryl/α,β-unsaturated/α-hetero) is 1. The summed E-state index contributed by atoms with van der Waals surface area (Å²) in [6.45, 7) is 0.273. The van der Waals surface area contributed by atoms with Crippen LogP contribution < -0.4 is 9.47 Å². The van der Waals surface area contributed by atoms with Crippen LogP contribution in [0.2, 0.25) is 0 Å². The van der Waals surface area contributed by atoms with E-state index in [1.807, 2.05) is 30.3 Å². The van der Waals surface area contributed by atoms with Crippen LogP contribution in [0.25, 0.3) is 0 Å². The van der Waals surface area contributed by atoms with Crippen molar-refractivity contribution in [3.05, 3.63) is 54.1 Å². The SMILES string of the molecule is COC(=O)[C@@]12CC(=O)C3C[C@@]1(c1ccc(OC)c(OC)c1)N(CCSc1ccccc1)C(=O)[C@@]32O. The number of esters is 1. The lowest BCUT2D eigenvalue weighted by Gasteiger charge is -2.47. The standard InChI is InChI=1S/C26H27NO7S/c1-32-20-10-9-16(13-21(20)33-2)25-14-18-19(28)15-24(25,23(30)34-3)26(18,31)22(29)27(25)11-12-35-17-7-5-4-6-8-17/h4-10,13,18,31H,11-12,14-15H2,1-3H3/t18?,24-,25-,26-/m0/s1. The van der Waals surface area contributed by atoms with Gasteiger partial charge in [-0.2, -0.15) is 0 Å². The lowest BCUT2D eigenvalue weighted by Crippen LogP contribution is -2.57. The number of ketones is 1. The normalized spacial score (nSPS) is 30.6. The van der Waals surface area contributed by atoms with Gasteiger partial charge in [-0.05, 0) is 36.2 Å². The average Bonchev–Trinajstić information content (AvgIpc) is 3.33. The number of likely N-dealkylation sites (tertiary alicyclic amines) is 1. The van der Waals surface area contributed by atoms with Crippen LogP contribution in [-0.4, -0.2) is 66.9 Å². The van der Waals surface area contributed by atoms with Crippen LogP contribution in [0.15, 0.2) is 53.4 Å². The first-order valence-electron chi connectivity index (χ1n) is 11.4. The summed E-state index contributed by atoms with van der Waals surface area (Å²) in [7, 11) is 4.25. The van der Waals surface area contributed by atoms with Crippen molar-refractivity contribution in [3.63, 3.8) is 0 Å². The summed E-state index contributed by atoms with van der Waals surface area (Å²) < 4.78 is 16.1. The van der Waals surface area contributed by atoms with Gasteiger partial charge in [0.25, 0.3) is 5.91 Å². The maximum absolute atomic E-state index is 13.9. The van der Waals surface area contributed by atoms with Crippen LogP contribution in [0.3, 0.4) is 0 Å². The first kappa shape index (κ1) is 23.7. The van der Waals surface area contributed by atoms with E-state index in [1.165, 1.54) is 21.3 Å². The molecule has 2 aromatic rings. The van der Waals surface area contributed by atoms with E-state index in [1.54, 1.807) is 34.9 Å². The summed E-state index contributed by atoms with van der Waals surface area (Å²) in [5.41, 5.74) is -4.56. The van der Waals surface area contributed by atoms with E-state index in [0.29, 0.717) is 22.8 Å². The van der Waals surface area contributed by atoms with Gasteiger partial charge in [0.15, 0.2) is 17.1 Å². The number of nitrogens with zero attached hydrogens (tertiary/aromatic N) is 1. The zero-order valence-corrected chi connectivity index (χ0v) is 20.6. The van der Waals surface area contributed by atoms with Crippen molar-refractivity contribution in [2.75, 3.05) is 33.6 Å². The average molecular weight is 498 g/mol. The molecule has 184 valence electrons. The molecule has 1 heterocycles. The van der Waals surface area contributed by atoms with Gasteiger partial charge in [-0.3, -0.25) is 14.4 Å². The second kappa shape index (κ2) is 8.27. The number of methoxy groups -OCH3 is 3. The number of ether oxygens (including phenoxy) is 3. The van der Waals surface area contributed by atoms with Crippen LogP contribution in [0.4, 0.5) is 0 Å². The number of carbonyl (C=O) groups excluding carboxylic acids is 3. The monoisotopic (exact) mass is 497 g/mol. The van der Waals surface area contributed by atoms with Crippen molar-refractivity contribution < 1.29 is 33.7 Å². The van der Waals surface area contributed by atoms with Gasteiger partial charge in [-0.1, -0.05) is 24.3 Å². The minimum Gasteiger partial charge on any atom is -0.493 e. The zero-order valence-electron chi connectivity index (χ0n) is 19.8. The number of piperidine rings is 1. The van der Waals surface area contributed by atoms with E-state index in [0.717, 1.165) is 4.90 Å². The van der Waals surface area contributed by atoms with Gasteiger partial charge < -0.3 is 24.2 Å². The molecular formula is C26H27NO7S. The molecule has 1 saturated heterocycles. The highest BCUT2D eigenvalue weighted by molar-refractivity contribution is 7.99. The fourth-order valence-corrected chi connectivity index (χ4v) is 7.40. The van der Waals surface area contributed by atoms with Crippen molar-refractivity contribution in [3.8, 4) is 11.5 Å². The van der Waals surface area contributed by atoms with Gasteiger partial charge in [0.2, 0.25) is 0 Å². The Balaban J connectivity index is 1.65. The number of hydrogen-bond donors (Lipinski definition) is 1. The van der Waals surface area contributed by atoms with Gasteiger partial charge in [0.1, 0.15) is 11.2 Å². The van der Waals surface area contributed by atoms with Crippen LogP contribution in [0.1, 0.15) is 18.4 Å². The second-order valence-electron chi connectivity index (χ2n) is 9.11. The van der Waals surface area contributed by atoms with Crippen molar-refractivity contribution >= 4 is 29.4 Å². The van der Waals surface area contributed by atoms with Crippen LogP contribution in [-0.2, 0) is 24.7 Å². The number of amides is 1. The summed E-state index contributed by atoms with van der Waals surface area (Å²) in [5, 5.41) is 11.9. The minimum atomic E-state index is -2.15. The second-order valence-corrected chi connectivity index (χ2v) is 10.3. The molecule has 0 radical (unpaired) electrons. The third kappa shape index (κ3) is 2.82. The molecule has 35 heavy (non-hydrogen) atoms. The Bertz CT molecular complexity index is 1200. The van der Waals surface area contributed by atoms with Crippen molar-refractivity contribution in [2.24, 2.45) is 11.3 Å². The fourth-order valence-electron chi connectivity index (χ4n) is 6.54. The topological polar surface area (TPSA) is 102 Å². The number of carbonyl (C=O) groups is 3. The summed E-state index contributed by atoms with van der Waals surface area (Å²) in [4.78, 5) is 42.9. The molecule has 0 spiro atoms. The lowest BCUT2D eigenvalue weighted by atomic mass is 9.64. The number of rotatable bonds is 8. The summed E-state index contributed by atoms with van der Waals surface area (Å²) >= 11 is 1.57. The summed E-state index contributed by atoms with van der Waals surface area (Å²) in [5.74, 6) is -1.17. The number of hydrogen-bond acceptors (Lipinski definition) is 8. The Morgan fingerprint density at radius 2 is 1.80 bits per heavy atom. The molecule has 1 amide bonds. The fraction of sp³-hybridized carbons (Fsp3) is 0.423.